The van der Waals surface area contributed by atoms with Crippen LogP contribution in [0.2, 0.25) is 0 Å². The van der Waals surface area contributed by atoms with E-state index in [2.05, 4.69) is 15.9 Å². The quantitative estimate of drug-likeness (QED) is 0.653. The standard InChI is InChI=1S/C8H8BrF2NO2/c9-5-1-4(14-3-7(10)11)2-6(12)8(5)13/h1-2,7,13H,3,12H2. The van der Waals surface area contributed by atoms with Crippen molar-refractivity contribution in [2.24, 2.45) is 0 Å². The molecule has 0 saturated carbocycles. The molecule has 0 heterocycles. The van der Waals surface area contributed by atoms with Crippen LogP contribution in [0, 0.1) is 0 Å². The largest absolute Gasteiger partial charge is 0.505 e. The first-order valence-electron chi connectivity index (χ1n) is 3.69. The fraction of sp³-hybridized carbons (Fsp3) is 0.250. The monoisotopic (exact) mass is 267 g/mol. The van der Waals surface area contributed by atoms with Gasteiger partial charge in [0.2, 0.25) is 0 Å². The fourth-order valence-electron chi connectivity index (χ4n) is 0.837. The van der Waals surface area contributed by atoms with E-state index in [1.807, 2.05) is 0 Å². The van der Waals surface area contributed by atoms with E-state index in [9.17, 15) is 13.9 Å². The summed E-state index contributed by atoms with van der Waals surface area (Å²) in [6.07, 6.45) is -2.54. The Morgan fingerprint density at radius 3 is 2.64 bits per heavy atom. The van der Waals surface area contributed by atoms with Crippen molar-refractivity contribution >= 4 is 21.6 Å². The van der Waals surface area contributed by atoms with Crippen molar-refractivity contribution in [3.63, 3.8) is 0 Å². The molecule has 0 fully saturated rings. The normalized spacial score (nSPS) is 10.6. The summed E-state index contributed by atoms with van der Waals surface area (Å²) in [4.78, 5) is 0. The lowest BCUT2D eigenvalue weighted by Gasteiger charge is -2.08. The molecule has 0 aliphatic heterocycles. The van der Waals surface area contributed by atoms with Crippen LogP contribution in [0.25, 0.3) is 0 Å². The molecule has 1 aromatic rings. The predicted molar refractivity (Wildman–Crippen MR) is 51.7 cm³/mol. The van der Waals surface area contributed by atoms with Crippen molar-refractivity contribution in [2.45, 2.75) is 6.43 Å². The van der Waals surface area contributed by atoms with E-state index in [4.69, 9.17) is 10.5 Å². The van der Waals surface area contributed by atoms with E-state index in [0.29, 0.717) is 4.47 Å². The molecule has 0 aliphatic carbocycles. The summed E-state index contributed by atoms with van der Waals surface area (Å²) >= 11 is 3.01. The molecule has 0 amide bonds. The lowest BCUT2D eigenvalue weighted by Crippen LogP contribution is -2.07. The number of benzene rings is 1. The maximum absolute atomic E-state index is 11.8. The molecule has 0 unspecified atom stereocenters. The number of nitrogen functional groups attached to an aromatic ring is 1. The summed E-state index contributed by atoms with van der Waals surface area (Å²) in [6.45, 7) is -0.698. The number of hydrogen-bond acceptors (Lipinski definition) is 3. The van der Waals surface area contributed by atoms with Crippen LogP contribution >= 0.6 is 15.9 Å². The number of rotatable bonds is 3. The van der Waals surface area contributed by atoms with Gasteiger partial charge in [0.05, 0.1) is 10.2 Å². The van der Waals surface area contributed by atoms with Crippen molar-refractivity contribution in [2.75, 3.05) is 12.3 Å². The molecule has 78 valence electrons. The first-order valence-corrected chi connectivity index (χ1v) is 4.49. The molecule has 0 aromatic heterocycles. The summed E-state index contributed by atoms with van der Waals surface area (Å²) < 4.78 is 28.6. The van der Waals surface area contributed by atoms with Gasteiger partial charge in [0, 0.05) is 6.07 Å². The zero-order valence-electron chi connectivity index (χ0n) is 7.01. The lowest BCUT2D eigenvalue weighted by molar-refractivity contribution is 0.0819. The summed E-state index contributed by atoms with van der Waals surface area (Å²) in [6, 6.07) is 2.65. The minimum absolute atomic E-state index is 0.0728. The second-order valence-electron chi connectivity index (χ2n) is 2.55. The Morgan fingerprint density at radius 2 is 2.14 bits per heavy atom. The van der Waals surface area contributed by atoms with Crippen LogP contribution in [0.4, 0.5) is 14.5 Å². The maximum Gasteiger partial charge on any atom is 0.272 e. The third-order valence-electron chi connectivity index (χ3n) is 1.44. The van der Waals surface area contributed by atoms with Crippen molar-refractivity contribution < 1.29 is 18.6 Å². The van der Waals surface area contributed by atoms with Gasteiger partial charge in [0.15, 0.2) is 5.75 Å². The molecule has 3 nitrogen and oxygen atoms in total. The molecular formula is C8H8BrF2NO2. The van der Waals surface area contributed by atoms with E-state index < -0.39 is 13.0 Å². The Hall–Kier alpha value is -1.04. The second kappa shape index (κ2) is 4.45. The Kier molecular flexibility index (Phi) is 3.51. The average Bonchev–Trinajstić information content (AvgIpc) is 2.10. The minimum Gasteiger partial charge on any atom is -0.505 e. The highest BCUT2D eigenvalue weighted by atomic mass is 79.9. The van der Waals surface area contributed by atoms with Gasteiger partial charge in [-0.25, -0.2) is 8.78 Å². The van der Waals surface area contributed by atoms with Gasteiger partial charge in [-0.2, -0.15) is 0 Å². The number of nitrogens with two attached hydrogens (primary N) is 1. The topological polar surface area (TPSA) is 55.5 Å². The highest BCUT2D eigenvalue weighted by molar-refractivity contribution is 9.10. The third kappa shape index (κ3) is 2.73. The van der Waals surface area contributed by atoms with Gasteiger partial charge >= 0.3 is 0 Å². The van der Waals surface area contributed by atoms with Gasteiger partial charge in [-0.05, 0) is 22.0 Å². The summed E-state index contributed by atoms with van der Waals surface area (Å²) in [5.74, 6) is 0.0573. The number of aromatic hydroxyl groups is 1. The van der Waals surface area contributed by atoms with Crippen LogP contribution in [0.5, 0.6) is 11.5 Å². The fourth-order valence-corrected chi connectivity index (χ4v) is 1.29. The first-order chi connectivity index (χ1) is 6.50. The van der Waals surface area contributed by atoms with Crippen LogP contribution in [-0.4, -0.2) is 18.1 Å². The molecule has 0 radical (unpaired) electrons. The number of phenols is 1. The number of anilines is 1. The average molecular weight is 268 g/mol. The van der Waals surface area contributed by atoms with Crippen molar-refractivity contribution in [3.05, 3.63) is 16.6 Å². The van der Waals surface area contributed by atoms with E-state index in [1.54, 1.807) is 0 Å². The third-order valence-corrected chi connectivity index (χ3v) is 2.05. The number of phenolic OH excluding ortho intramolecular Hbond substituents is 1. The summed E-state index contributed by atoms with van der Waals surface area (Å²) in [5, 5.41) is 9.23. The number of hydrogen-bond donors (Lipinski definition) is 2. The zero-order valence-corrected chi connectivity index (χ0v) is 8.59. The van der Waals surface area contributed by atoms with Crippen molar-refractivity contribution in [1.82, 2.24) is 0 Å². The Labute approximate surface area is 87.6 Å². The van der Waals surface area contributed by atoms with Crippen LogP contribution in [0.15, 0.2) is 16.6 Å². The number of ether oxygens (including phenoxy) is 1. The van der Waals surface area contributed by atoms with Gasteiger partial charge in [-0.15, -0.1) is 0 Å². The molecular weight excluding hydrogens is 260 g/mol. The van der Waals surface area contributed by atoms with E-state index in [0.717, 1.165) is 0 Å². The molecule has 0 aliphatic rings. The zero-order chi connectivity index (χ0) is 10.7. The predicted octanol–water partition coefficient (Wildman–Crippen LogP) is 2.38. The molecule has 0 spiro atoms. The molecule has 1 aromatic carbocycles. The van der Waals surface area contributed by atoms with E-state index in [-0.39, 0.29) is 17.2 Å². The highest BCUT2D eigenvalue weighted by Crippen LogP contribution is 2.34. The lowest BCUT2D eigenvalue weighted by atomic mass is 10.3. The molecule has 1 rings (SSSR count). The smallest absolute Gasteiger partial charge is 0.272 e. The van der Waals surface area contributed by atoms with Crippen LogP contribution in [0.1, 0.15) is 0 Å². The molecule has 6 heteroatoms. The van der Waals surface area contributed by atoms with Gasteiger partial charge in [0.25, 0.3) is 6.43 Å². The Balaban J connectivity index is 2.79. The molecule has 0 bridgehead atoms. The van der Waals surface area contributed by atoms with Crippen LogP contribution < -0.4 is 10.5 Å². The Bertz CT molecular complexity index is 310. The number of halogens is 3. The molecule has 3 N–H and O–H groups in total. The van der Waals surface area contributed by atoms with E-state index >= 15 is 0 Å². The SMILES string of the molecule is Nc1cc(OCC(F)F)cc(Br)c1O. The first kappa shape index (κ1) is 11.0. The number of alkyl halides is 2. The minimum atomic E-state index is -2.54. The molecule has 0 saturated heterocycles. The van der Waals surface area contributed by atoms with Gasteiger partial charge in [0.1, 0.15) is 12.4 Å². The van der Waals surface area contributed by atoms with Crippen molar-refractivity contribution in [3.8, 4) is 11.5 Å². The highest BCUT2D eigenvalue weighted by Gasteiger charge is 2.08. The van der Waals surface area contributed by atoms with Crippen LogP contribution in [0.3, 0.4) is 0 Å². The van der Waals surface area contributed by atoms with Crippen molar-refractivity contribution in [1.29, 1.82) is 0 Å². The summed E-state index contributed by atoms with van der Waals surface area (Å²) in [7, 11) is 0. The molecule has 14 heavy (non-hydrogen) atoms. The van der Waals surface area contributed by atoms with E-state index in [1.165, 1.54) is 12.1 Å². The second-order valence-corrected chi connectivity index (χ2v) is 3.40. The van der Waals surface area contributed by atoms with Crippen LogP contribution in [-0.2, 0) is 0 Å². The van der Waals surface area contributed by atoms with Gasteiger partial charge < -0.3 is 15.6 Å². The van der Waals surface area contributed by atoms with Gasteiger partial charge in [-0.3, -0.25) is 0 Å². The Morgan fingerprint density at radius 1 is 1.50 bits per heavy atom. The maximum atomic E-state index is 11.8. The molecule has 0 atom stereocenters. The summed E-state index contributed by atoms with van der Waals surface area (Å²) in [5.41, 5.74) is 5.45. The van der Waals surface area contributed by atoms with Gasteiger partial charge in [-0.1, -0.05) is 0 Å².